The van der Waals surface area contributed by atoms with Crippen LogP contribution in [0.15, 0.2) is 53.4 Å². The van der Waals surface area contributed by atoms with Crippen LogP contribution in [0.2, 0.25) is 5.02 Å². The van der Waals surface area contributed by atoms with E-state index in [1.54, 1.807) is 24.3 Å². The van der Waals surface area contributed by atoms with Gasteiger partial charge in [0.2, 0.25) is 0 Å². The van der Waals surface area contributed by atoms with Crippen LogP contribution in [0, 0.1) is 0 Å². The molecule has 7 heteroatoms. The highest BCUT2D eigenvalue weighted by molar-refractivity contribution is 7.92. The summed E-state index contributed by atoms with van der Waals surface area (Å²) in [7, 11) is -4.04. The number of halogens is 1. The molecule has 0 amide bonds. The topological polar surface area (TPSA) is 74.7 Å². The van der Waals surface area contributed by atoms with E-state index in [9.17, 15) is 18.3 Å². The Balaban J connectivity index is 2.56. The maximum atomic E-state index is 13.0. The van der Waals surface area contributed by atoms with Crippen LogP contribution in [0.5, 0.6) is 0 Å². The van der Waals surface area contributed by atoms with E-state index in [1.807, 2.05) is 6.92 Å². The third kappa shape index (κ3) is 3.71. The van der Waals surface area contributed by atoms with Crippen LogP contribution in [0.1, 0.15) is 19.4 Å². The van der Waals surface area contributed by atoms with Crippen molar-refractivity contribution in [2.45, 2.75) is 31.2 Å². The van der Waals surface area contributed by atoms with Crippen molar-refractivity contribution in [2.24, 2.45) is 0 Å². The highest BCUT2D eigenvalue weighted by atomic mass is 35.5. The molecular formula is C17H18ClNO4S. The lowest BCUT2D eigenvalue weighted by atomic mass is 10.1. The van der Waals surface area contributed by atoms with Gasteiger partial charge in [-0.1, -0.05) is 30.7 Å². The number of benzene rings is 2. The second kappa shape index (κ2) is 7.23. The van der Waals surface area contributed by atoms with Crippen molar-refractivity contribution in [1.29, 1.82) is 0 Å². The lowest BCUT2D eigenvalue weighted by molar-refractivity contribution is -0.137. The van der Waals surface area contributed by atoms with Gasteiger partial charge in [-0.2, -0.15) is 0 Å². The Bertz CT molecular complexity index is 817. The van der Waals surface area contributed by atoms with Crippen LogP contribution in [-0.4, -0.2) is 25.5 Å². The fraction of sp³-hybridized carbons (Fsp3) is 0.235. The van der Waals surface area contributed by atoms with Gasteiger partial charge in [0.25, 0.3) is 10.0 Å². The Labute approximate surface area is 146 Å². The number of hydrogen-bond donors (Lipinski definition) is 1. The molecular weight excluding hydrogens is 350 g/mol. The molecule has 24 heavy (non-hydrogen) atoms. The monoisotopic (exact) mass is 367 g/mol. The largest absolute Gasteiger partial charge is 0.480 e. The number of carbonyl (C=O) groups is 1. The average Bonchev–Trinajstić information content (AvgIpc) is 2.55. The Morgan fingerprint density at radius 3 is 2.12 bits per heavy atom. The number of carboxylic acids is 1. The molecule has 0 aliphatic heterocycles. The Hall–Kier alpha value is -2.05. The lowest BCUT2D eigenvalue weighted by Crippen LogP contribution is -2.43. The molecule has 1 N–H and O–H groups in total. The predicted octanol–water partition coefficient (Wildman–Crippen LogP) is 3.57. The van der Waals surface area contributed by atoms with Gasteiger partial charge in [0.1, 0.15) is 6.04 Å². The minimum absolute atomic E-state index is 0.0143. The summed E-state index contributed by atoms with van der Waals surface area (Å²) in [5.74, 6) is -1.23. The molecule has 128 valence electrons. The minimum Gasteiger partial charge on any atom is -0.480 e. The van der Waals surface area contributed by atoms with Crippen LogP contribution in [-0.2, 0) is 21.2 Å². The number of anilines is 1. The standard InChI is InChI=1S/C17H18ClNO4S/c1-3-13-4-8-15(9-5-13)19(12(2)17(20)21)24(22,23)16-10-6-14(18)7-11-16/h4-12H,3H2,1-2H3,(H,20,21). The number of sulfonamides is 1. The van der Waals surface area contributed by atoms with E-state index in [2.05, 4.69) is 0 Å². The molecule has 0 aliphatic rings. The van der Waals surface area contributed by atoms with E-state index in [0.717, 1.165) is 16.3 Å². The van der Waals surface area contributed by atoms with Gasteiger partial charge in [0.05, 0.1) is 10.6 Å². The van der Waals surface area contributed by atoms with E-state index in [-0.39, 0.29) is 4.90 Å². The van der Waals surface area contributed by atoms with Crippen LogP contribution in [0.25, 0.3) is 0 Å². The zero-order valence-corrected chi connectivity index (χ0v) is 14.9. The smallest absolute Gasteiger partial charge is 0.327 e. The van der Waals surface area contributed by atoms with Crippen LogP contribution >= 0.6 is 11.6 Å². The summed E-state index contributed by atoms with van der Waals surface area (Å²) in [4.78, 5) is 11.4. The molecule has 0 aromatic heterocycles. The molecule has 0 fully saturated rings. The average molecular weight is 368 g/mol. The van der Waals surface area contributed by atoms with Gasteiger partial charge in [-0.15, -0.1) is 0 Å². The van der Waals surface area contributed by atoms with E-state index < -0.39 is 22.0 Å². The summed E-state index contributed by atoms with van der Waals surface area (Å²) in [6.07, 6.45) is 0.804. The number of carboxylic acid groups (broad SMARTS) is 1. The summed E-state index contributed by atoms with van der Waals surface area (Å²) >= 11 is 5.80. The summed E-state index contributed by atoms with van der Waals surface area (Å²) in [5.41, 5.74) is 1.34. The molecule has 2 rings (SSSR count). The Morgan fingerprint density at radius 1 is 1.12 bits per heavy atom. The molecule has 0 spiro atoms. The number of aliphatic carboxylic acids is 1. The molecule has 0 radical (unpaired) electrons. The number of aryl methyl sites for hydroxylation is 1. The van der Waals surface area contributed by atoms with Gasteiger partial charge in [0.15, 0.2) is 0 Å². The van der Waals surface area contributed by atoms with Gasteiger partial charge in [-0.25, -0.2) is 13.2 Å². The number of hydrogen-bond acceptors (Lipinski definition) is 3. The van der Waals surface area contributed by atoms with Crippen molar-refractivity contribution < 1.29 is 18.3 Å². The first-order valence-corrected chi connectivity index (χ1v) is 9.21. The fourth-order valence-electron chi connectivity index (χ4n) is 2.27. The first kappa shape index (κ1) is 18.3. The normalized spacial score (nSPS) is 12.6. The van der Waals surface area contributed by atoms with E-state index in [1.165, 1.54) is 31.2 Å². The molecule has 2 aromatic carbocycles. The second-order valence-corrected chi connectivity index (χ2v) is 7.54. The number of rotatable bonds is 6. The minimum atomic E-state index is -4.04. The van der Waals surface area contributed by atoms with Crippen LogP contribution < -0.4 is 4.31 Å². The van der Waals surface area contributed by atoms with Crippen LogP contribution in [0.4, 0.5) is 5.69 Å². The van der Waals surface area contributed by atoms with Crippen LogP contribution in [0.3, 0.4) is 0 Å². The Kier molecular flexibility index (Phi) is 5.51. The summed E-state index contributed by atoms with van der Waals surface area (Å²) in [5, 5.41) is 9.74. The molecule has 0 bridgehead atoms. The third-order valence-corrected chi connectivity index (χ3v) is 5.84. The summed E-state index contributed by atoms with van der Waals surface area (Å²) in [6.45, 7) is 3.32. The molecule has 1 atom stereocenters. The van der Waals surface area contributed by atoms with Crippen molar-refractivity contribution in [3.63, 3.8) is 0 Å². The zero-order chi connectivity index (χ0) is 17.9. The first-order chi connectivity index (χ1) is 11.3. The molecule has 2 aromatic rings. The first-order valence-electron chi connectivity index (χ1n) is 7.39. The van der Waals surface area contributed by atoms with Gasteiger partial charge in [0, 0.05) is 5.02 Å². The Morgan fingerprint density at radius 2 is 1.67 bits per heavy atom. The quantitative estimate of drug-likeness (QED) is 0.846. The molecule has 0 saturated carbocycles. The van der Waals surface area contributed by atoms with E-state index >= 15 is 0 Å². The van der Waals surface area contributed by atoms with Gasteiger partial charge >= 0.3 is 5.97 Å². The van der Waals surface area contributed by atoms with Crippen molar-refractivity contribution in [2.75, 3.05) is 4.31 Å². The zero-order valence-electron chi connectivity index (χ0n) is 13.3. The molecule has 5 nitrogen and oxygen atoms in total. The highest BCUT2D eigenvalue weighted by Crippen LogP contribution is 2.27. The third-order valence-electron chi connectivity index (χ3n) is 3.68. The molecule has 0 aliphatic carbocycles. The van der Waals surface area contributed by atoms with Gasteiger partial charge in [-0.05, 0) is 55.3 Å². The van der Waals surface area contributed by atoms with E-state index in [4.69, 9.17) is 11.6 Å². The summed E-state index contributed by atoms with van der Waals surface area (Å²) < 4.78 is 26.8. The molecule has 0 saturated heterocycles. The lowest BCUT2D eigenvalue weighted by Gasteiger charge is -2.28. The predicted molar refractivity (Wildman–Crippen MR) is 94.0 cm³/mol. The SMILES string of the molecule is CCc1ccc(N(C(C)C(=O)O)S(=O)(=O)c2ccc(Cl)cc2)cc1. The van der Waals surface area contributed by atoms with Crippen molar-refractivity contribution in [1.82, 2.24) is 0 Å². The molecule has 1 unspecified atom stereocenters. The number of nitrogens with zero attached hydrogens (tertiary/aromatic N) is 1. The van der Waals surface area contributed by atoms with Gasteiger partial charge < -0.3 is 5.11 Å². The molecule has 0 heterocycles. The maximum Gasteiger partial charge on any atom is 0.327 e. The van der Waals surface area contributed by atoms with Crippen molar-refractivity contribution in [3.8, 4) is 0 Å². The van der Waals surface area contributed by atoms with Crippen molar-refractivity contribution >= 4 is 33.3 Å². The second-order valence-electron chi connectivity index (χ2n) is 5.29. The maximum absolute atomic E-state index is 13.0. The van der Waals surface area contributed by atoms with E-state index in [0.29, 0.717) is 10.7 Å². The fourth-order valence-corrected chi connectivity index (χ4v) is 4.01. The highest BCUT2D eigenvalue weighted by Gasteiger charge is 2.33. The summed E-state index contributed by atoms with van der Waals surface area (Å²) in [6, 6.07) is 11.2. The van der Waals surface area contributed by atoms with Gasteiger partial charge in [-0.3, -0.25) is 4.31 Å². The van der Waals surface area contributed by atoms with Crippen molar-refractivity contribution in [3.05, 3.63) is 59.1 Å².